The first kappa shape index (κ1) is 14.9. The Morgan fingerprint density at radius 3 is 2.59 bits per heavy atom. The van der Waals surface area contributed by atoms with Crippen molar-refractivity contribution in [2.24, 2.45) is 11.7 Å². The van der Waals surface area contributed by atoms with Gasteiger partial charge >= 0.3 is 0 Å². The van der Waals surface area contributed by atoms with Crippen LogP contribution in [0.25, 0.3) is 0 Å². The lowest BCUT2D eigenvalue weighted by Crippen LogP contribution is -2.39. The second kappa shape index (κ2) is 7.31. The molecule has 102 valence electrons. The first-order valence-electron chi connectivity index (χ1n) is 6.47. The van der Waals surface area contributed by atoms with Crippen LogP contribution in [0.5, 0.6) is 0 Å². The van der Waals surface area contributed by atoms with Gasteiger partial charge in [-0.15, -0.1) is 0 Å². The largest absolute Gasteiger partial charge is 0.330 e. The van der Waals surface area contributed by atoms with Gasteiger partial charge < -0.3 is 5.73 Å². The van der Waals surface area contributed by atoms with Crippen molar-refractivity contribution in [3.8, 4) is 0 Å². The molecule has 0 aromatic carbocycles. The van der Waals surface area contributed by atoms with Crippen molar-refractivity contribution in [1.29, 1.82) is 0 Å². The fourth-order valence-electron chi connectivity index (χ4n) is 2.24. The Morgan fingerprint density at radius 1 is 1.35 bits per heavy atom. The summed E-state index contributed by atoms with van der Waals surface area (Å²) in [7, 11) is -1.71. The van der Waals surface area contributed by atoms with E-state index in [1.165, 1.54) is 30.0 Å². The molecule has 0 amide bonds. The molecule has 0 aliphatic heterocycles. The van der Waals surface area contributed by atoms with Crippen molar-refractivity contribution in [2.75, 3.05) is 26.7 Å². The molecule has 17 heavy (non-hydrogen) atoms. The van der Waals surface area contributed by atoms with Crippen molar-refractivity contribution in [3.63, 3.8) is 0 Å². The average Bonchev–Trinajstić information content (AvgIpc) is 2.78. The molecule has 6 heteroatoms. The molecule has 1 rings (SSSR count). The van der Waals surface area contributed by atoms with Crippen LogP contribution < -0.4 is 10.5 Å². The van der Waals surface area contributed by atoms with Crippen LogP contribution >= 0.6 is 0 Å². The third-order valence-electron chi connectivity index (χ3n) is 3.40. The minimum absolute atomic E-state index is 0.481. The van der Waals surface area contributed by atoms with E-state index in [0.29, 0.717) is 32.0 Å². The molecule has 0 heterocycles. The Labute approximate surface area is 105 Å². The van der Waals surface area contributed by atoms with E-state index in [0.717, 1.165) is 6.42 Å². The third-order valence-corrected chi connectivity index (χ3v) is 4.97. The second-order valence-corrected chi connectivity index (χ2v) is 6.66. The summed E-state index contributed by atoms with van der Waals surface area (Å²) in [5.41, 5.74) is 5.36. The van der Waals surface area contributed by atoms with Gasteiger partial charge in [0.2, 0.25) is 0 Å². The fraction of sp³-hybridized carbons (Fsp3) is 1.00. The second-order valence-electron chi connectivity index (χ2n) is 4.80. The number of hydrogen-bond donors (Lipinski definition) is 2. The summed E-state index contributed by atoms with van der Waals surface area (Å²) < 4.78 is 27.6. The van der Waals surface area contributed by atoms with Crippen LogP contribution in [0, 0.1) is 5.92 Å². The predicted molar refractivity (Wildman–Crippen MR) is 69.8 cm³/mol. The van der Waals surface area contributed by atoms with Crippen LogP contribution in [-0.4, -0.2) is 39.4 Å². The Morgan fingerprint density at radius 2 is 2.00 bits per heavy atom. The standard InChI is InChI=1S/C11H25N3O2S/c1-14(10-4-8-12)17(15,16)13-9-7-11-5-2-3-6-11/h11,13H,2-10,12H2,1H3. The maximum absolute atomic E-state index is 11.8. The number of nitrogens with zero attached hydrogens (tertiary/aromatic N) is 1. The zero-order valence-electron chi connectivity index (χ0n) is 10.7. The Balaban J connectivity index is 2.23. The highest BCUT2D eigenvalue weighted by Gasteiger charge is 2.18. The minimum atomic E-state index is -3.30. The number of hydrogen-bond acceptors (Lipinski definition) is 3. The van der Waals surface area contributed by atoms with Crippen LogP contribution in [0.2, 0.25) is 0 Å². The molecule has 1 aliphatic rings. The summed E-state index contributed by atoms with van der Waals surface area (Å²) in [4.78, 5) is 0. The molecule has 0 saturated heterocycles. The van der Waals surface area contributed by atoms with E-state index >= 15 is 0 Å². The molecule has 3 N–H and O–H groups in total. The van der Waals surface area contributed by atoms with E-state index in [1.807, 2.05) is 0 Å². The maximum atomic E-state index is 11.8. The minimum Gasteiger partial charge on any atom is -0.330 e. The third kappa shape index (κ3) is 5.33. The van der Waals surface area contributed by atoms with Crippen molar-refractivity contribution in [1.82, 2.24) is 9.03 Å². The Hall–Kier alpha value is -0.170. The van der Waals surface area contributed by atoms with E-state index in [2.05, 4.69) is 4.72 Å². The zero-order valence-corrected chi connectivity index (χ0v) is 11.5. The van der Waals surface area contributed by atoms with Crippen molar-refractivity contribution < 1.29 is 8.42 Å². The molecule has 0 aromatic heterocycles. The predicted octanol–water partition coefficient (Wildman–Crippen LogP) is 0.682. The monoisotopic (exact) mass is 263 g/mol. The van der Waals surface area contributed by atoms with E-state index in [1.54, 1.807) is 7.05 Å². The van der Waals surface area contributed by atoms with Gasteiger partial charge in [-0.2, -0.15) is 12.7 Å². The molecule has 1 fully saturated rings. The quantitative estimate of drug-likeness (QED) is 0.676. The fourth-order valence-corrected chi connectivity index (χ4v) is 3.20. The van der Waals surface area contributed by atoms with Crippen molar-refractivity contribution >= 4 is 10.2 Å². The average molecular weight is 263 g/mol. The molecule has 0 atom stereocenters. The molecular formula is C11H25N3O2S. The van der Waals surface area contributed by atoms with Crippen LogP contribution in [0.15, 0.2) is 0 Å². The lowest BCUT2D eigenvalue weighted by atomic mass is 10.1. The van der Waals surface area contributed by atoms with E-state index in [-0.39, 0.29) is 0 Å². The molecule has 0 aromatic rings. The molecular weight excluding hydrogens is 238 g/mol. The summed E-state index contributed by atoms with van der Waals surface area (Å²) in [6.07, 6.45) is 6.76. The topological polar surface area (TPSA) is 75.4 Å². The van der Waals surface area contributed by atoms with Gasteiger partial charge in [0.1, 0.15) is 0 Å². The van der Waals surface area contributed by atoms with E-state index < -0.39 is 10.2 Å². The number of rotatable bonds is 8. The Bertz CT molecular complexity index is 300. The highest BCUT2D eigenvalue weighted by molar-refractivity contribution is 7.87. The van der Waals surface area contributed by atoms with Crippen molar-refractivity contribution in [3.05, 3.63) is 0 Å². The van der Waals surface area contributed by atoms with E-state index in [4.69, 9.17) is 5.73 Å². The normalized spacial score (nSPS) is 18.1. The summed E-state index contributed by atoms with van der Waals surface area (Å²) in [5, 5.41) is 0. The zero-order chi connectivity index (χ0) is 12.7. The smallest absolute Gasteiger partial charge is 0.279 e. The number of nitrogens with one attached hydrogen (secondary N) is 1. The van der Waals surface area contributed by atoms with Crippen LogP contribution in [0.1, 0.15) is 38.5 Å². The molecule has 5 nitrogen and oxygen atoms in total. The SMILES string of the molecule is CN(CCCN)S(=O)(=O)NCCC1CCCC1. The molecule has 0 unspecified atom stereocenters. The van der Waals surface area contributed by atoms with Crippen LogP contribution in [0.3, 0.4) is 0 Å². The Kier molecular flexibility index (Phi) is 6.40. The first-order valence-corrected chi connectivity index (χ1v) is 7.91. The summed E-state index contributed by atoms with van der Waals surface area (Å²) in [5.74, 6) is 0.715. The summed E-state index contributed by atoms with van der Waals surface area (Å²) >= 11 is 0. The highest BCUT2D eigenvalue weighted by atomic mass is 32.2. The van der Waals surface area contributed by atoms with E-state index in [9.17, 15) is 8.42 Å². The highest BCUT2D eigenvalue weighted by Crippen LogP contribution is 2.26. The van der Waals surface area contributed by atoms with Crippen LogP contribution in [-0.2, 0) is 10.2 Å². The van der Waals surface area contributed by atoms with Gasteiger partial charge in [0, 0.05) is 20.1 Å². The van der Waals surface area contributed by atoms with Crippen LogP contribution in [0.4, 0.5) is 0 Å². The molecule has 0 bridgehead atoms. The van der Waals surface area contributed by atoms with Gasteiger partial charge in [-0.05, 0) is 25.3 Å². The summed E-state index contributed by atoms with van der Waals surface area (Å²) in [6.45, 7) is 1.55. The molecule has 1 saturated carbocycles. The van der Waals surface area contributed by atoms with Gasteiger partial charge in [0.15, 0.2) is 0 Å². The van der Waals surface area contributed by atoms with Crippen molar-refractivity contribution in [2.45, 2.75) is 38.5 Å². The van der Waals surface area contributed by atoms with Gasteiger partial charge in [-0.25, -0.2) is 4.72 Å². The first-order chi connectivity index (χ1) is 8.06. The van der Waals surface area contributed by atoms with Gasteiger partial charge in [-0.1, -0.05) is 25.7 Å². The van der Waals surface area contributed by atoms with Gasteiger partial charge in [0.25, 0.3) is 10.2 Å². The lowest BCUT2D eigenvalue weighted by molar-refractivity contribution is 0.443. The molecule has 0 spiro atoms. The molecule has 1 aliphatic carbocycles. The maximum Gasteiger partial charge on any atom is 0.279 e. The number of nitrogens with two attached hydrogens (primary N) is 1. The molecule has 0 radical (unpaired) electrons. The van der Waals surface area contributed by atoms with Gasteiger partial charge in [0.05, 0.1) is 0 Å². The summed E-state index contributed by atoms with van der Waals surface area (Å²) in [6, 6.07) is 0. The lowest BCUT2D eigenvalue weighted by Gasteiger charge is -2.18. The van der Waals surface area contributed by atoms with Gasteiger partial charge in [-0.3, -0.25) is 0 Å².